The monoisotopic (exact) mass is 404 g/mol. The van der Waals surface area contributed by atoms with E-state index in [1.165, 1.54) is 15.4 Å². The van der Waals surface area contributed by atoms with Crippen LogP contribution < -0.4 is 5.56 Å². The first-order valence-corrected chi connectivity index (χ1v) is 9.30. The number of hydrogen-bond donors (Lipinski definition) is 0. The van der Waals surface area contributed by atoms with Crippen molar-refractivity contribution in [1.29, 1.82) is 0 Å². The molecule has 0 aliphatic carbocycles. The summed E-state index contributed by atoms with van der Waals surface area (Å²) in [6.07, 6.45) is 0. The van der Waals surface area contributed by atoms with Crippen LogP contribution in [0.5, 0.6) is 0 Å². The fourth-order valence-corrected chi connectivity index (χ4v) is 3.50. The van der Waals surface area contributed by atoms with E-state index in [0.717, 1.165) is 5.56 Å². The van der Waals surface area contributed by atoms with Gasteiger partial charge in [0.15, 0.2) is 5.82 Å². The van der Waals surface area contributed by atoms with Crippen LogP contribution in [0.15, 0.2) is 41.2 Å². The lowest BCUT2D eigenvalue weighted by Gasteiger charge is -2.08. The molecule has 0 aliphatic heterocycles. The third-order valence-electron chi connectivity index (χ3n) is 5.09. The lowest BCUT2D eigenvalue weighted by molar-refractivity contribution is 0.552. The maximum Gasteiger partial charge on any atom is 0.262 e. The summed E-state index contributed by atoms with van der Waals surface area (Å²) in [4.78, 5) is 14.1. The molecule has 0 radical (unpaired) electrons. The highest BCUT2D eigenvalue weighted by atomic mass is 19.1. The van der Waals surface area contributed by atoms with Crippen LogP contribution in [0, 0.1) is 19.7 Å². The Bertz CT molecular complexity index is 1500. The minimum Gasteiger partial charge on any atom is -0.279 e. The van der Waals surface area contributed by atoms with Gasteiger partial charge in [0.25, 0.3) is 5.56 Å². The predicted octanol–water partition coefficient (Wildman–Crippen LogP) is 2.04. The molecular formula is C20H17FN8O. The summed E-state index contributed by atoms with van der Waals surface area (Å²) in [7, 11) is 1.67. The van der Waals surface area contributed by atoms with E-state index in [9.17, 15) is 9.18 Å². The molecule has 9 nitrogen and oxygen atoms in total. The standard InChI is InChI=1S/C20H17FN8O/c1-11-4-7-16-14(8-11)19(30)27(3)20-24-22-17(29(16)20)10-28-25-18(23-26-28)13-5-6-15(21)12(2)9-13/h4-9H,10H2,1-3H3. The van der Waals surface area contributed by atoms with Crippen molar-refractivity contribution in [2.75, 3.05) is 0 Å². The molecule has 3 heterocycles. The van der Waals surface area contributed by atoms with Crippen LogP contribution in [0.3, 0.4) is 0 Å². The molecule has 2 aromatic carbocycles. The number of nitrogens with zero attached hydrogens (tertiary/aromatic N) is 8. The Morgan fingerprint density at radius 2 is 1.87 bits per heavy atom. The molecule has 0 fully saturated rings. The minimum atomic E-state index is -0.284. The summed E-state index contributed by atoms with van der Waals surface area (Å²) >= 11 is 0. The van der Waals surface area contributed by atoms with E-state index in [2.05, 4.69) is 25.6 Å². The van der Waals surface area contributed by atoms with Gasteiger partial charge < -0.3 is 0 Å². The van der Waals surface area contributed by atoms with E-state index in [0.29, 0.717) is 39.5 Å². The van der Waals surface area contributed by atoms with Crippen molar-refractivity contribution in [3.05, 3.63) is 69.5 Å². The maximum atomic E-state index is 13.5. The molecule has 30 heavy (non-hydrogen) atoms. The lowest BCUT2D eigenvalue weighted by Crippen LogP contribution is -2.21. The highest BCUT2D eigenvalue weighted by Crippen LogP contribution is 2.19. The van der Waals surface area contributed by atoms with Crippen LogP contribution in [0.4, 0.5) is 4.39 Å². The molecule has 0 aliphatic rings. The van der Waals surface area contributed by atoms with E-state index >= 15 is 0 Å². The first-order chi connectivity index (χ1) is 14.4. The zero-order chi connectivity index (χ0) is 21.0. The van der Waals surface area contributed by atoms with Crippen molar-refractivity contribution in [3.8, 4) is 11.4 Å². The van der Waals surface area contributed by atoms with Gasteiger partial charge in [0.2, 0.25) is 11.6 Å². The number of halogens is 1. The van der Waals surface area contributed by atoms with E-state index in [1.807, 2.05) is 29.5 Å². The Labute approximate surface area is 169 Å². The smallest absolute Gasteiger partial charge is 0.262 e. The van der Waals surface area contributed by atoms with Gasteiger partial charge in [-0.25, -0.2) is 4.39 Å². The largest absolute Gasteiger partial charge is 0.279 e. The van der Waals surface area contributed by atoms with Gasteiger partial charge in [0.1, 0.15) is 12.4 Å². The molecule has 10 heteroatoms. The second-order valence-electron chi connectivity index (χ2n) is 7.24. The number of rotatable bonds is 3. The molecule has 5 rings (SSSR count). The number of aryl methyl sites for hydroxylation is 3. The van der Waals surface area contributed by atoms with E-state index in [4.69, 9.17) is 0 Å². The van der Waals surface area contributed by atoms with Gasteiger partial charge >= 0.3 is 0 Å². The molecule has 0 saturated carbocycles. The summed E-state index contributed by atoms with van der Waals surface area (Å²) in [5.74, 6) is 1.10. The third-order valence-corrected chi connectivity index (χ3v) is 5.09. The fourth-order valence-electron chi connectivity index (χ4n) is 3.50. The molecule has 0 spiro atoms. The number of fused-ring (bicyclic) bond motifs is 3. The van der Waals surface area contributed by atoms with Crippen LogP contribution in [-0.4, -0.2) is 39.4 Å². The van der Waals surface area contributed by atoms with Gasteiger partial charge in [0.05, 0.1) is 10.9 Å². The van der Waals surface area contributed by atoms with Gasteiger partial charge in [-0.15, -0.1) is 20.4 Å². The van der Waals surface area contributed by atoms with Gasteiger partial charge in [-0.05, 0) is 55.0 Å². The van der Waals surface area contributed by atoms with Gasteiger partial charge in [-0.1, -0.05) is 11.6 Å². The third kappa shape index (κ3) is 2.76. The molecule has 0 unspecified atom stereocenters. The Hall–Kier alpha value is -3.95. The number of hydrogen-bond acceptors (Lipinski definition) is 6. The average Bonchev–Trinajstić information content (AvgIpc) is 3.36. The number of aromatic nitrogens is 8. The van der Waals surface area contributed by atoms with Crippen LogP contribution in [0.2, 0.25) is 0 Å². The first kappa shape index (κ1) is 18.1. The fraction of sp³-hybridized carbons (Fsp3) is 0.200. The minimum absolute atomic E-state index is 0.131. The molecule has 0 atom stereocenters. The lowest BCUT2D eigenvalue weighted by atomic mass is 10.1. The molecule has 0 N–H and O–H groups in total. The molecule has 5 aromatic rings. The van der Waals surface area contributed by atoms with Gasteiger partial charge in [-0.2, -0.15) is 4.80 Å². The Morgan fingerprint density at radius 1 is 1.03 bits per heavy atom. The summed E-state index contributed by atoms with van der Waals surface area (Å²) in [6.45, 7) is 3.83. The van der Waals surface area contributed by atoms with Gasteiger partial charge in [-0.3, -0.25) is 13.8 Å². The van der Waals surface area contributed by atoms with E-state index < -0.39 is 0 Å². The van der Waals surface area contributed by atoms with Crippen molar-refractivity contribution in [1.82, 2.24) is 39.4 Å². The van der Waals surface area contributed by atoms with Gasteiger partial charge in [0, 0.05) is 12.6 Å². The quantitative estimate of drug-likeness (QED) is 0.457. The topological polar surface area (TPSA) is 95.8 Å². The normalized spacial score (nSPS) is 11.6. The second kappa shape index (κ2) is 6.55. The summed E-state index contributed by atoms with van der Waals surface area (Å²) < 4.78 is 16.8. The van der Waals surface area contributed by atoms with Crippen LogP contribution in [0.1, 0.15) is 17.0 Å². The maximum absolute atomic E-state index is 13.5. The Morgan fingerprint density at radius 3 is 2.67 bits per heavy atom. The molecule has 0 amide bonds. The summed E-state index contributed by atoms with van der Waals surface area (Å²) in [6, 6.07) is 10.3. The average molecular weight is 404 g/mol. The van der Waals surface area contributed by atoms with Crippen molar-refractivity contribution in [3.63, 3.8) is 0 Å². The van der Waals surface area contributed by atoms with Crippen LogP contribution in [0.25, 0.3) is 28.1 Å². The molecule has 3 aromatic heterocycles. The first-order valence-electron chi connectivity index (χ1n) is 9.30. The highest BCUT2D eigenvalue weighted by Gasteiger charge is 2.16. The van der Waals surface area contributed by atoms with E-state index in [1.54, 1.807) is 26.1 Å². The van der Waals surface area contributed by atoms with Crippen molar-refractivity contribution in [2.24, 2.45) is 7.05 Å². The molecule has 0 bridgehead atoms. The number of tetrazole rings is 1. The highest BCUT2D eigenvalue weighted by molar-refractivity contribution is 5.81. The summed E-state index contributed by atoms with van der Waals surface area (Å²) in [5.41, 5.74) is 2.76. The SMILES string of the molecule is Cc1ccc2c(c1)c(=O)n(C)c1nnc(Cn3nnc(-c4ccc(F)c(C)c4)n3)n21. The van der Waals surface area contributed by atoms with E-state index in [-0.39, 0.29) is 17.9 Å². The zero-order valence-corrected chi connectivity index (χ0v) is 16.5. The van der Waals surface area contributed by atoms with Crippen LogP contribution >= 0.6 is 0 Å². The number of benzene rings is 2. The van der Waals surface area contributed by atoms with Crippen molar-refractivity contribution in [2.45, 2.75) is 20.4 Å². The molecule has 150 valence electrons. The Balaban J connectivity index is 1.60. The van der Waals surface area contributed by atoms with Crippen molar-refractivity contribution < 1.29 is 4.39 Å². The molecule has 0 saturated heterocycles. The Kier molecular flexibility index (Phi) is 3.95. The zero-order valence-electron chi connectivity index (χ0n) is 16.5. The molecular weight excluding hydrogens is 387 g/mol. The predicted molar refractivity (Wildman–Crippen MR) is 108 cm³/mol. The van der Waals surface area contributed by atoms with Crippen molar-refractivity contribution >= 4 is 16.7 Å². The van der Waals surface area contributed by atoms with Crippen LogP contribution in [-0.2, 0) is 13.6 Å². The summed E-state index contributed by atoms with van der Waals surface area (Å²) in [5, 5.41) is 21.6. The second-order valence-corrected chi connectivity index (χ2v) is 7.24.